The largest absolute Gasteiger partial charge is 0.416 e. The molecule has 0 aliphatic carbocycles. The zero-order valence-corrected chi connectivity index (χ0v) is 11.2. The van der Waals surface area contributed by atoms with Crippen LogP contribution in [-0.2, 0) is 11.9 Å². The van der Waals surface area contributed by atoms with Crippen molar-refractivity contribution in [3.63, 3.8) is 0 Å². The van der Waals surface area contributed by atoms with Crippen LogP contribution in [0.1, 0.15) is 21.5 Å². The van der Waals surface area contributed by atoms with Gasteiger partial charge >= 0.3 is 6.18 Å². The van der Waals surface area contributed by atoms with Gasteiger partial charge in [0.15, 0.2) is 0 Å². The van der Waals surface area contributed by atoms with Gasteiger partial charge in [0.25, 0.3) is 0 Å². The summed E-state index contributed by atoms with van der Waals surface area (Å²) in [6.45, 7) is 0. The number of carbonyl (C=O) groups excluding carboxylic acids is 1. The van der Waals surface area contributed by atoms with Crippen LogP contribution in [0.25, 0.3) is 0 Å². The topological polar surface area (TPSA) is 17.1 Å². The maximum absolute atomic E-state index is 12.6. The van der Waals surface area contributed by atoms with Crippen molar-refractivity contribution in [1.29, 1.82) is 0 Å². The predicted octanol–water partition coefficient (Wildman–Crippen LogP) is 4.81. The third-order valence-electron chi connectivity index (χ3n) is 2.68. The van der Waals surface area contributed by atoms with Crippen LogP contribution in [0.15, 0.2) is 53.4 Å². The van der Waals surface area contributed by atoms with E-state index in [1.54, 1.807) is 30.3 Å². The lowest BCUT2D eigenvalue weighted by Crippen LogP contribution is -2.04. The second kappa shape index (κ2) is 6.13. The molecule has 0 saturated carbocycles. The number of carbonyl (C=O) groups is 1. The molecule has 0 saturated heterocycles. The summed E-state index contributed by atoms with van der Waals surface area (Å²) in [5.74, 6) is 0.449. The summed E-state index contributed by atoms with van der Waals surface area (Å²) < 4.78 is 37.7. The van der Waals surface area contributed by atoms with E-state index < -0.39 is 11.7 Å². The molecule has 0 aliphatic heterocycles. The van der Waals surface area contributed by atoms with E-state index in [4.69, 9.17) is 0 Å². The van der Waals surface area contributed by atoms with Gasteiger partial charge in [0.05, 0.1) is 5.56 Å². The maximum atomic E-state index is 12.6. The minimum atomic E-state index is -4.31. The summed E-state index contributed by atoms with van der Waals surface area (Å²) >= 11 is 1.43. The summed E-state index contributed by atoms with van der Waals surface area (Å²) in [5, 5.41) is 0. The van der Waals surface area contributed by atoms with Gasteiger partial charge in [-0.1, -0.05) is 30.3 Å². The lowest BCUT2D eigenvalue weighted by molar-refractivity contribution is -0.137. The van der Waals surface area contributed by atoms with Crippen molar-refractivity contribution >= 4 is 18.0 Å². The lowest BCUT2D eigenvalue weighted by Gasteiger charge is -2.08. The van der Waals surface area contributed by atoms with E-state index in [1.165, 1.54) is 17.8 Å². The average Bonchev–Trinajstić information content (AvgIpc) is 2.45. The first kappa shape index (κ1) is 14.7. The molecule has 2 aromatic carbocycles. The molecule has 0 heterocycles. The Labute approximate surface area is 118 Å². The molecule has 2 aromatic rings. The van der Waals surface area contributed by atoms with E-state index in [-0.39, 0.29) is 0 Å². The van der Waals surface area contributed by atoms with E-state index in [0.717, 1.165) is 23.3 Å². The second-order valence-electron chi connectivity index (χ2n) is 4.17. The minimum Gasteiger partial charge on any atom is -0.298 e. The van der Waals surface area contributed by atoms with E-state index in [9.17, 15) is 18.0 Å². The normalized spacial score (nSPS) is 11.3. The first-order chi connectivity index (χ1) is 9.49. The van der Waals surface area contributed by atoms with Crippen LogP contribution < -0.4 is 0 Å². The summed E-state index contributed by atoms with van der Waals surface area (Å²) in [5.41, 5.74) is 0.560. The summed E-state index contributed by atoms with van der Waals surface area (Å²) in [7, 11) is 0. The van der Waals surface area contributed by atoms with Crippen LogP contribution in [0, 0.1) is 0 Å². The van der Waals surface area contributed by atoms with E-state index >= 15 is 0 Å². The summed E-state index contributed by atoms with van der Waals surface area (Å²) in [4.78, 5) is 11.4. The smallest absolute Gasteiger partial charge is 0.298 e. The molecule has 0 unspecified atom stereocenters. The molecule has 0 bridgehead atoms. The van der Waals surface area contributed by atoms with Crippen molar-refractivity contribution in [1.82, 2.24) is 0 Å². The quantitative estimate of drug-likeness (QED) is 0.595. The Morgan fingerprint density at radius 3 is 2.35 bits per heavy atom. The third kappa shape index (κ3) is 3.87. The molecular formula is C15H11F3OS. The van der Waals surface area contributed by atoms with Crippen molar-refractivity contribution in [2.45, 2.75) is 16.8 Å². The van der Waals surface area contributed by atoms with Crippen molar-refractivity contribution in [2.24, 2.45) is 0 Å². The molecule has 2 rings (SSSR count). The van der Waals surface area contributed by atoms with Crippen LogP contribution in [0.3, 0.4) is 0 Å². The van der Waals surface area contributed by atoms with Crippen LogP contribution >= 0.6 is 11.8 Å². The fourth-order valence-corrected chi connectivity index (χ4v) is 2.49. The monoisotopic (exact) mass is 296 g/mol. The molecular weight excluding hydrogens is 285 g/mol. The molecule has 0 fully saturated rings. The Morgan fingerprint density at radius 1 is 1.05 bits per heavy atom. The van der Waals surface area contributed by atoms with Gasteiger partial charge in [-0.3, -0.25) is 4.79 Å². The van der Waals surface area contributed by atoms with E-state index in [2.05, 4.69) is 0 Å². The Morgan fingerprint density at radius 2 is 1.75 bits per heavy atom. The fourth-order valence-electron chi connectivity index (χ4n) is 1.65. The molecule has 104 valence electrons. The van der Waals surface area contributed by atoms with Gasteiger partial charge in [-0.15, -0.1) is 11.8 Å². The molecule has 0 aliphatic rings. The van der Waals surface area contributed by atoms with Gasteiger partial charge in [0.1, 0.15) is 6.29 Å². The minimum absolute atomic E-state index is 0.449. The molecule has 20 heavy (non-hydrogen) atoms. The van der Waals surface area contributed by atoms with E-state index in [0.29, 0.717) is 16.9 Å². The molecule has 1 nitrogen and oxygen atoms in total. The fraction of sp³-hybridized carbons (Fsp3) is 0.133. The molecule has 0 spiro atoms. The molecule has 0 radical (unpaired) electrons. The summed E-state index contributed by atoms with van der Waals surface area (Å²) in [6, 6.07) is 12.2. The van der Waals surface area contributed by atoms with Gasteiger partial charge < -0.3 is 0 Å². The van der Waals surface area contributed by atoms with Crippen molar-refractivity contribution in [3.8, 4) is 0 Å². The van der Waals surface area contributed by atoms with Crippen molar-refractivity contribution < 1.29 is 18.0 Å². The third-order valence-corrected chi connectivity index (χ3v) is 3.76. The Bertz CT molecular complexity index is 591. The number of hydrogen-bond donors (Lipinski definition) is 0. The second-order valence-corrected chi connectivity index (χ2v) is 5.22. The number of alkyl halides is 3. The summed E-state index contributed by atoms with van der Waals surface area (Å²) in [6.07, 6.45) is -3.56. The Hall–Kier alpha value is -1.75. The van der Waals surface area contributed by atoms with Crippen molar-refractivity contribution in [2.75, 3.05) is 0 Å². The van der Waals surface area contributed by atoms with Gasteiger partial charge in [0.2, 0.25) is 0 Å². The molecule has 0 amide bonds. The SMILES string of the molecule is O=Cc1ccc(SCc2cccc(C(F)(F)F)c2)cc1. The number of hydrogen-bond acceptors (Lipinski definition) is 2. The number of halogens is 3. The first-order valence-corrected chi connectivity index (χ1v) is 6.82. The van der Waals surface area contributed by atoms with Crippen molar-refractivity contribution in [3.05, 3.63) is 65.2 Å². The van der Waals surface area contributed by atoms with Crippen LogP contribution in [0.5, 0.6) is 0 Å². The Kier molecular flexibility index (Phi) is 4.49. The zero-order valence-electron chi connectivity index (χ0n) is 10.4. The number of aldehydes is 1. The molecule has 5 heteroatoms. The highest BCUT2D eigenvalue weighted by molar-refractivity contribution is 7.98. The first-order valence-electron chi connectivity index (χ1n) is 5.83. The van der Waals surface area contributed by atoms with Crippen LogP contribution in [-0.4, -0.2) is 6.29 Å². The predicted molar refractivity (Wildman–Crippen MR) is 72.8 cm³/mol. The highest BCUT2D eigenvalue weighted by atomic mass is 32.2. The standard InChI is InChI=1S/C15H11F3OS/c16-15(17,18)13-3-1-2-12(8-13)10-20-14-6-4-11(9-19)5-7-14/h1-9H,10H2. The zero-order chi connectivity index (χ0) is 14.6. The van der Waals surface area contributed by atoms with Gasteiger partial charge in [-0.2, -0.15) is 13.2 Å². The van der Waals surface area contributed by atoms with E-state index in [1.807, 2.05) is 0 Å². The van der Waals surface area contributed by atoms with Gasteiger partial charge in [-0.25, -0.2) is 0 Å². The molecule has 0 atom stereocenters. The number of benzene rings is 2. The lowest BCUT2D eigenvalue weighted by atomic mass is 10.1. The van der Waals surface area contributed by atoms with Crippen LogP contribution in [0.4, 0.5) is 13.2 Å². The maximum Gasteiger partial charge on any atom is 0.416 e. The number of thioether (sulfide) groups is 1. The van der Waals surface area contributed by atoms with Gasteiger partial charge in [-0.05, 0) is 23.8 Å². The molecule has 0 N–H and O–H groups in total. The highest BCUT2D eigenvalue weighted by Gasteiger charge is 2.30. The van der Waals surface area contributed by atoms with Gasteiger partial charge in [0, 0.05) is 16.2 Å². The van der Waals surface area contributed by atoms with Crippen LogP contribution in [0.2, 0.25) is 0 Å². The Balaban J connectivity index is 2.05. The molecule has 0 aromatic heterocycles. The average molecular weight is 296 g/mol. The highest BCUT2D eigenvalue weighted by Crippen LogP contribution is 2.31. The number of rotatable bonds is 4.